The highest BCUT2D eigenvalue weighted by Crippen LogP contribution is 2.37. The number of imidazole rings is 2. The van der Waals surface area contributed by atoms with Gasteiger partial charge in [0.25, 0.3) is 0 Å². The number of aliphatic hydroxyl groups is 12. The van der Waals surface area contributed by atoms with E-state index in [2.05, 4.69) is 125 Å². The number of aliphatic hydroxyl groups excluding tert-OH is 12. The second-order valence-corrected chi connectivity index (χ2v) is 29.2. The molecule has 1 aliphatic carbocycles. The van der Waals surface area contributed by atoms with Gasteiger partial charge in [0.2, 0.25) is 11.9 Å². The van der Waals surface area contributed by atoms with Crippen molar-refractivity contribution in [2.75, 3.05) is 51.1 Å². The molecule has 0 radical (unpaired) electrons. The molecule has 115 heavy (non-hydrogen) atoms. The van der Waals surface area contributed by atoms with Crippen molar-refractivity contribution in [2.45, 2.75) is 195 Å². The van der Waals surface area contributed by atoms with Gasteiger partial charge in [-0.25, -0.2) is 20.4 Å². The van der Waals surface area contributed by atoms with Gasteiger partial charge in [0, 0.05) is 25.3 Å². The molecule has 9 aliphatic rings. The predicted molar refractivity (Wildman–Crippen MR) is 418 cm³/mol. The van der Waals surface area contributed by atoms with Crippen LogP contribution in [0.5, 0.6) is 12.0 Å². The molecule has 618 valence electrons. The Morgan fingerprint density at radius 3 is 1.63 bits per heavy atom. The lowest BCUT2D eigenvalue weighted by Gasteiger charge is -2.35. The maximum absolute atomic E-state index is 10.3. The van der Waals surface area contributed by atoms with E-state index < -0.39 is 149 Å². The number of aromatic nitrogens is 8. The fourth-order valence-electron chi connectivity index (χ4n) is 14.2. The van der Waals surface area contributed by atoms with Crippen LogP contribution in [-0.4, -0.2) is 309 Å². The molecule has 12 heterocycles. The largest absolute Gasteiger partial charge is 0.463 e. The molecule has 42 nitrogen and oxygen atoms in total. The quantitative estimate of drug-likeness (QED) is 0.0250. The fourth-order valence-corrected chi connectivity index (χ4v) is 14.2. The van der Waals surface area contributed by atoms with E-state index in [1.807, 2.05) is 49.5 Å². The highest BCUT2D eigenvalue weighted by Gasteiger charge is 2.53. The predicted octanol–water partition coefficient (Wildman–Crippen LogP) is -3.10. The van der Waals surface area contributed by atoms with Crippen LogP contribution in [0.2, 0.25) is 0 Å². The summed E-state index contributed by atoms with van der Waals surface area (Å²) in [6.45, 7) is 5.24. The van der Waals surface area contributed by atoms with Crippen molar-refractivity contribution in [3.05, 3.63) is 96.1 Å². The van der Waals surface area contributed by atoms with Gasteiger partial charge < -0.3 is 128 Å². The molecular weight excluding hydrogens is 1500 g/mol. The Hall–Kier alpha value is -10.3. The van der Waals surface area contributed by atoms with Gasteiger partial charge in [-0.2, -0.15) is 40.1 Å². The van der Waals surface area contributed by atoms with E-state index in [0.717, 1.165) is 35.8 Å². The van der Waals surface area contributed by atoms with Crippen molar-refractivity contribution >= 4 is 93.4 Å². The number of anilines is 2. The van der Waals surface area contributed by atoms with Crippen LogP contribution in [0.4, 0.5) is 11.6 Å². The molecule has 16 rings (SSSR count). The maximum atomic E-state index is 10.3. The number of rotatable bonds is 21. The van der Waals surface area contributed by atoms with E-state index in [9.17, 15) is 61.3 Å². The molecule has 0 amide bonds. The number of fused-ring (bicyclic) bond motifs is 5. The zero-order valence-corrected chi connectivity index (χ0v) is 63.1. The molecule has 42 heteroatoms. The standard InChI is InChI=1S/C22H23N5O5.C19H23N5O5.C17H27N7O4.C15H25N7O4/c23-19-16-20(27(11-24-16)21-18(30)17(29)15(10-28)32-21)26-22(25-19)31-8-7-12-5-6-13-3-1-2-4-14(13)9-12;1-10-2-4-11(5-3-10)6-7-28-19-22-16(20)13-17(23-19)24(9-21-13)18-15(27)14(26)12(8-25)29-18;18-14-11-15(22-17(21-14)23-20-6-9-4-2-1-3-5-9)24(8-19-11)16-13(27)12(26)10(7-25)28-16;1-7(2)3-4-18-21-15-19-12(16)9-13(20-15)22(6-17-9)14-11(25)10(24)8(5-23)26-14/h1-6,9,11,15,17-18,21,28-30H,7-8,10H2,(H2,23,25,26);2-5,9,12,14-15,18,25-27H,6-8H2,1H3,(H2,20,22,23);6,8-13,15-16,25-27H,1-5,7H2,(H3,18,21,22,23);4,6-11,13-14,23-25H,3,5H2,1-2H3,(H3,16,19,20,21)/b;;20-6-;18-4-/t15?,17-,18-,21?;12?,14-,15-,18?;10?,11?,12-,13-,15?,16?;8?,9?,10-,11?,13?,14?/m1111/s1. The summed E-state index contributed by atoms with van der Waals surface area (Å²) in [5.74, 6) is 2.21. The lowest BCUT2D eigenvalue weighted by atomic mass is 9.90. The number of nitrogen functional groups attached to an aromatic ring is 2. The van der Waals surface area contributed by atoms with Gasteiger partial charge in [-0.15, -0.1) is 5.10 Å². The Morgan fingerprint density at radius 2 is 1.08 bits per heavy atom. The number of nitrogens with one attached hydrogen (secondary N) is 2. The van der Waals surface area contributed by atoms with E-state index in [-0.39, 0.29) is 47.2 Å². The van der Waals surface area contributed by atoms with Crippen LogP contribution < -0.4 is 43.2 Å². The van der Waals surface area contributed by atoms with Gasteiger partial charge in [-0.3, -0.25) is 19.1 Å². The minimum atomic E-state index is -1.27. The van der Waals surface area contributed by atoms with Crippen molar-refractivity contribution < 1.29 is 89.7 Å². The number of benzene rings is 3. The number of aliphatic imine (C=N–C) groups is 5. The molecule has 0 bridgehead atoms. The van der Waals surface area contributed by atoms with Crippen molar-refractivity contribution in [1.82, 2.24) is 59.6 Å². The van der Waals surface area contributed by atoms with Gasteiger partial charge in [0.05, 0.1) is 65.0 Å². The Balaban J connectivity index is 0.000000134. The number of nitrogens with two attached hydrogens (primary N) is 4. The van der Waals surface area contributed by atoms with Crippen LogP contribution in [-0.2, 0) is 31.8 Å². The summed E-state index contributed by atoms with van der Waals surface area (Å²) >= 11 is 0. The highest BCUT2D eigenvalue weighted by molar-refractivity contribution is 6.03. The number of aryl methyl sites for hydroxylation is 1. The zero-order chi connectivity index (χ0) is 81.3. The first-order chi connectivity index (χ1) is 55.5. The van der Waals surface area contributed by atoms with Crippen LogP contribution in [0.25, 0.3) is 33.1 Å². The highest BCUT2D eigenvalue weighted by atomic mass is 16.6. The summed E-state index contributed by atoms with van der Waals surface area (Å²) < 4.78 is 36.6. The van der Waals surface area contributed by atoms with Crippen molar-refractivity contribution in [3.63, 3.8) is 0 Å². The van der Waals surface area contributed by atoms with Crippen LogP contribution >= 0.6 is 0 Å². The van der Waals surface area contributed by atoms with Crippen molar-refractivity contribution in [3.8, 4) is 12.0 Å². The summed E-state index contributed by atoms with van der Waals surface area (Å²) in [5, 5.41) is 136. The second kappa shape index (κ2) is 37.1. The zero-order valence-electron chi connectivity index (χ0n) is 63.1. The third-order valence-electron chi connectivity index (χ3n) is 20.7. The monoisotopic (exact) mass is 1600 g/mol. The summed E-state index contributed by atoms with van der Waals surface area (Å²) in [6, 6.07) is 21.7. The van der Waals surface area contributed by atoms with Gasteiger partial charge in [-0.05, 0) is 59.9 Å². The summed E-state index contributed by atoms with van der Waals surface area (Å²) in [7, 11) is 0. The van der Waals surface area contributed by atoms with Crippen molar-refractivity contribution in [1.29, 1.82) is 0 Å². The third-order valence-corrected chi connectivity index (χ3v) is 20.7. The lowest BCUT2D eigenvalue weighted by Crippen LogP contribution is -2.61. The number of hydrogen-bond donors (Lipinski definition) is 18. The van der Waals surface area contributed by atoms with E-state index in [1.165, 1.54) is 64.7 Å². The van der Waals surface area contributed by atoms with E-state index in [0.29, 0.717) is 60.2 Å². The van der Waals surface area contributed by atoms with E-state index >= 15 is 0 Å². The maximum Gasteiger partial charge on any atom is 0.320 e. The minimum absolute atomic E-state index is 0.0734. The Kier molecular flexibility index (Phi) is 26.7. The lowest BCUT2D eigenvalue weighted by molar-refractivity contribution is -0.0803. The van der Waals surface area contributed by atoms with E-state index in [4.69, 9.17) is 51.4 Å². The van der Waals surface area contributed by atoms with Gasteiger partial charge in [0.15, 0.2) is 65.0 Å². The summed E-state index contributed by atoms with van der Waals surface area (Å²) in [5.41, 5.74) is 31.5. The molecule has 22 N–H and O–H groups in total. The normalized spacial score (nSPS) is 30.6. The Bertz CT molecular complexity index is 4720. The molecule has 5 fully saturated rings. The SMILES string of the molecule is CC(C)C/C=N\NC1=NC2C(N=CN2C2OC(CO)[C@@H](O)C2O)C(N)=N1.Cc1ccc(CCOc2nc(N)c3ncn(C4OC(CO)[C@@H](O)[C@H]4O)c3n2)cc1.NC1=NC(=N/N=C\C2CCCCC2)NC2C1N=CN2C1OC(CO)[C@@H](O)[C@H]1O.Nc1nc(OCCc2ccc3ccccc3c2)nc2c1ncn2C1OC(CO)[C@@H](O)[C@H]1O. The number of hydrogen-bond acceptors (Lipinski definition) is 38. The summed E-state index contributed by atoms with van der Waals surface area (Å²) in [6.07, 6.45) is -0.679. The molecule has 8 aliphatic heterocycles. The number of ether oxygens (including phenoxy) is 6. The molecule has 20 atom stereocenters. The Morgan fingerprint density at radius 1 is 0.583 bits per heavy atom. The van der Waals surface area contributed by atoms with Crippen LogP contribution in [0, 0.1) is 18.8 Å². The second-order valence-electron chi connectivity index (χ2n) is 29.2. The number of nitrogens with zero attached hydrogens (tertiary/aromatic N) is 18. The molecule has 4 saturated heterocycles. The molecule has 4 aromatic heterocycles. The Labute approximate surface area is 657 Å². The van der Waals surface area contributed by atoms with Crippen LogP contribution in [0.15, 0.2) is 120 Å². The van der Waals surface area contributed by atoms with Crippen molar-refractivity contribution in [2.24, 2.45) is 63.6 Å². The number of hydrazone groups is 1. The number of amidine groups is 2. The fraction of sp³-hybridized carbons (Fsp3) is 0.534. The molecular formula is C73H98N24O18. The van der Waals surface area contributed by atoms with Crippen LogP contribution in [0.3, 0.4) is 0 Å². The molecule has 1 saturated carbocycles. The minimum Gasteiger partial charge on any atom is -0.463 e. The molecule has 0 spiro atoms. The third kappa shape index (κ3) is 18.5. The average molecular weight is 1600 g/mol. The molecule has 3 aromatic carbocycles. The summed E-state index contributed by atoms with van der Waals surface area (Å²) in [4.78, 5) is 50.0. The van der Waals surface area contributed by atoms with Gasteiger partial charge in [-0.1, -0.05) is 105 Å². The van der Waals surface area contributed by atoms with Gasteiger partial charge >= 0.3 is 12.0 Å². The first kappa shape index (κ1) is 82.7. The average Bonchev–Trinajstić information content (AvgIpc) is 1.64. The van der Waals surface area contributed by atoms with Gasteiger partial charge in [0.1, 0.15) is 103 Å². The molecule has 7 aromatic rings. The van der Waals surface area contributed by atoms with E-state index in [1.54, 1.807) is 16.0 Å². The van der Waals surface area contributed by atoms with Crippen LogP contribution in [0.1, 0.15) is 81.5 Å². The topological polar surface area (TPSA) is 619 Å². The smallest absolute Gasteiger partial charge is 0.320 e. The number of guanidine groups is 2. The first-order valence-corrected chi connectivity index (χ1v) is 37.8. The first-order valence-electron chi connectivity index (χ1n) is 37.8. The molecule has 13 unspecified atom stereocenters.